The molecule has 0 radical (unpaired) electrons. The number of nitrogens with one attached hydrogen (secondary N) is 2. The maximum atomic E-state index is 12.5. The van der Waals surface area contributed by atoms with Crippen molar-refractivity contribution in [2.24, 2.45) is 0 Å². The van der Waals surface area contributed by atoms with E-state index < -0.39 is 0 Å². The lowest BCUT2D eigenvalue weighted by Gasteiger charge is -2.11. The summed E-state index contributed by atoms with van der Waals surface area (Å²) in [6.45, 7) is 8.06. The molecule has 2 aromatic carbocycles. The minimum absolute atomic E-state index is 0.222. The van der Waals surface area contributed by atoms with Gasteiger partial charge in [0.25, 0.3) is 5.91 Å². The minimum atomic E-state index is -0.222. The highest BCUT2D eigenvalue weighted by Crippen LogP contribution is 2.21. The van der Waals surface area contributed by atoms with Gasteiger partial charge in [-0.3, -0.25) is 4.79 Å². The molecule has 0 aliphatic heterocycles. The van der Waals surface area contributed by atoms with E-state index in [2.05, 4.69) is 34.4 Å². The third-order valence-electron chi connectivity index (χ3n) is 4.40. The van der Waals surface area contributed by atoms with Crippen LogP contribution in [0.5, 0.6) is 0 Å². The van der Waals surface area contributed by atoms with Crippen molar-refractivity contribution < 1.29 is 4.79 Å². The Morgan fingerprint density at radius 1 is 0.846 bits per heavy atom. The fourth-order valence-corrected chi connectivity index (χ4v) is 2.66. The highest BCUT2D eigenvalue weighted by molar-refractivity contribution is 6.04. The number of aryl methyl sites for hydroxylation is 4. The van der Waals surface area contributed by atoms with Crippen LogP contribution in [0.2, 0.25) is 0 Å². The molecule has 0 saturated carbocycles. The molecule has 0 bridgehead atoms. The summed E-state index contributed by atoms with van der Waals surface area (Å²) in [6, 6.07) is 12.0. The Hall–Kier alpha value is -3.21. The smallest absolute Gasteiger partial charge is 0.258 e. The van der Waals surface area contributed by atoms with Crippen molar-refractivity contribution in [1.82, 2.24) is 9.97 Å². The highest BCUT2D eigenvalue weighted by Gasteiger charge is 2.11. The van der Waals surface area contributed by atoms with E-state index >= 15 is 0 Å². The van der Waals surface area contributed by atoms with Crippen molar-refractivity contribution in [3.63, 3.8) is 0 Å². The number of hydrogen-bond acceptors (Lipinski definition) is 4. The second kappa shape index (κ2) is 7.35. The van der Waals surface area contributed by atoms with Crippen molar-refractivity contribution >= 4 is 23.2 Å². The number of anilines is 3. The Morgan fingerprint density at radius 2 is 1.50 bits per heavy atom. The van der Waals surface area contributed by atoms with E-state index in [-0.39, 0.29) is 5.91 Å². The van der Waals surface area contributed by atoms with Gasteiger partial charge in [-0.05, 0) is 62.1 Å². The van der Waals surface area contributed by atoms with Crippen LogP contribution in [0.25, 0.3) is 0 Å². The third-order valence-corrected chi connectivity index (χ3v) is 4.40. The number of benzene rings is 2. The molecule has 132 valence electrons. The number of aromatic nitrogens is 2. The Labute approximate surface area is 153 Å². The first-order valence-corrected chi connectivity index (χ1v) is 8.48. The van der Waals surface area contributed by atoms with Crippen LogP contribution in [0.4, 0.5) is 17.3 Å². The average molecular weight is 346 g/mol. The summed E-state index contributed by atoms with van der Waals surface area (Å²) in [7, 11) is 0. The van der Waals surface area contributed by atoms with Crippen LogP contribution < -0.4 is 10.6 Å². The number of nitrogens with zero attached hydrogens (tertiary/aromatic N) is 2. The predicted molar refractivity (Wildman–Crippen MR) is 105 cm³/mol. The Bertz CT molecular complexity index is 928. The number of hydrogen-bond donors (Lipinski definition) is 2. The summed E-state index contributed by atoms with van der Waals surface area (Å²) in [5, 5.41) is 6.09. The van der Waals surface area contributed by atoms with Crippen LogP contribution in [-0.2, 0) is 0 Å². The first kappa shape index (κ1) is 17.6. The lowest BCUT2D eigenvalue weighted by Crippen LogP contribution is -2.14. The Balaban J connectivity index is 1.72. The van der Waals surface area contributed by atoms with Crippen molar-refractivity contribution in [2.45, 2.75) is 27.7 Å². The molecule has 0 spiro atoms. The highest BCUT2D eigenvalue weighted by atomic mass is 16.1. The maximum Gasteiger partial charge on any atom is 0.258 e. The number of amides is 1. The second-order valence-electron chi connectivity index (χ2n) is 6.44. The zero-order chi connectivity index (χ0) is 18.7. The lowest BCUT2D eigenvalue weighted by atomic mass is 10.1. The molecule has 3 aromatic rings. The molecule has 1 heterocycles. The molecule has 0 aliphatic rings. The van der Waals surface area contributed by atoms with E-state index in [0.29, 0.717) is 11.5 Å². The predicted octanol–water partition coefficient (Wildman–Crippen LogP) is 4.71. The van der Waals surface area contributed by atoms with E-state index in [1.54, 1.807) is 0 Å². The molecule has 3 rings (SSSR count). The number of carbonyl (C=O) groups excluding carboxylic acids is 1. The molecule has 1 aromatic heterocycles. The summed E-state index contributed by atoms with van der Waals surface area (Å²) < 4.78 is 0. The fourth-order valence-electron chi connectivity index (χ4n) is 2.66. The summed E-state index contributed by atoms with van der Waals surface area (Å²) in [4.78, 5) is 21.0. The molecule has 26 heavy (non-hydrogen) atoms. The lowest BCUT2D eigenvalue weighted by molar-refractivity contribution is 0.102. The van der Waals surface area contributed by atoms with Crippen LogP contribution in [-0.4, -0.2) is 15.9 Å². The molecular formula is C21H22N4O. The molecular weight excluding hydrogens is 324 g/mol. The standard InChI is InChI=1S/C21H22N4O/c1-13-8-9-18(10-16(13)4)24-21-22-11-17(12-23-21)20(26)25-19-14(2)6-5-7-15(19)3/h5-12H,1-4H3,(H,25,26)(H,22,23,24). The van der Waals surface area contributed by atoms with Crippen molar-refractivity contribution in [1.29, 1.82) is 0 Å². The largest absolute Gasteiger partial charge is 0.324 e. The number of rotatable bonds is 4. The minimum Gasteiger partial charge on any atom is -0.324 e. The van der Waals surface area contributed by atoms with Crippen LogP contribution in [0, 0.1) is 27.7 Å². The normalized spacial score (nSPS) is 10.5. The summed E-state index contributed by atoms with van der Waals surface area (Å²) in [5.74, 6) is 0.233. The topological polar surface area (TPSA) is 66.9 Å². The van der Waals surface area contributed by atoms with Gasteiger partial charge in [0.15, 0.2) is 0 Å². The molecule has 2 N–H and O–H groups in total. The van der Waals surface area contributed by atoms with E-state index in [1.807, 2.05) is 50.2 Å². The monoisotopic (exact) mass is 346 g/mol. The van der Waals surface area contributed by atoms with E-state index in [4.69, 9.17) is 0 Å². The summed E-state index contributed by atoms with van der Waals surface area (Å²) >= 11 is 0. The molecule has 0 unspecified atom stereocenters. The van der Waals surface area contributed by atoms with Gasteiger partial charge in [0.1, 0.15) is 0 Å². The van der Waals surface area contributed by atoms with Crippen LogP contribution in [0.3, 0.4) is 0 Å². The van der Waals surface area contributed by atoms with Gasteiger partial charge in [-0.15, -0.1) is 0 Å². The van der Waals surface area contributed by atoms with Crippen molar-refractivity contribution in [3.8, 4) is 0 Å². The molecule has 5 heteroatoms. The van der Waals surface area contributed by atoms with Crippen molar-refractivity contribution in [2.75, 3.05) is 10.6 Å². The van der Waals surface area contributed by atoms with Gasteiger partial charge >= 0.3 is 0 Å². The average Bonchev–Trinajstić information content (AvgIpc) is 2.62. The maximum absolute atomic E-state index is 12.5. The summed E-state index contributed by atoms with van der Waals surface area (Å²) in [5.41, 5.74) is 6.63. The molecule has 1 amide bonds. The van der Waals surface area contributed by atoms with Gasteiger partial charge in [0, 0.05) is 23.8 Å². The van der Waals surface area contributed by atoms with Crippen LogP contribution >= 0.6 is 0 Å². The Kier molecular flexibility index (Phi) is 4.98. The van der Waals surface area contributed by atoms with Gasteiger partial charge < -0.3 is 10.6 Å². The van der Waals surface area contributed by atoms with Crippen LogP contribution in [0.1, 0.15) is 32.6 Å². The first-order chi connectivity index (χ1) is 12.4. The zero-order valence-corrected chi connectivity index (χ0v) is 15.4. The second-order valence-corrected chi connectivity index (χ2v) is 6.44. The SMILES string of the molecule is Cc1ccc(Nc2ncc(C(=O)Nc3c(C)cccc3C)cn2)cc1C. The van der Waals surface area contributed by atoms with E-state index in [1.165, 1.54) is 23.5 Å². The van der Waals surface area contributed by atoms with E-state index in [9.17, 15) is 4.79 Å². The van der Waals surface area contributed by atoms with Crippen LogP contribution in [0.15, 0.2) is 48.8 Å². The van der Waals surface area contributed by atoms with E-state index in [0.717, 1.165) is 22.5 Å². The van der Waals surface area contributed by atoms with Crippen molar-refractivity contribution in [3.05, 3.63) is 76.6 Å². The third kappa shape index (κ3) is 3.88. The molecule has 0 fully saturated rings. The Morgan fingerprint density at radius 3 is 2.12 bits per heavy atom. The van der Waals surface area contributed by atoms with Gasteiger partial charge in [-0.1, -0.05) is 24.3 Å². The molecule has 0 atom stereocenters. The fraction of sp³-hybridized carbons (Fsp3) is 0.190. The molecule has 0 aliphatic carbocycles. The molecule has 0 saturated heterocycles. The summed E-state index contributed by atoms with van der Waals surface area (Å²) in [6.07, 6.45) is 3.05. The zero-order valence-electron chi connectivity index (χ0n) is 15.4. The quantitative estimate of drug-likeness (QED) is 0.718. The van der Waals surface area contributed by atoms with Gasteiger partial charge in [-0.25, -0.2) is 9.97 Å². The first-order valence-electron chi connectivity index (χ1n) is 8.48. The number of para-hydroxylation sites is 1. The van der Waals surface area contributed by atoms with Gasteiger partial charge in [0.05, 0.1) is 5.56 Å². The number of carbonyl (C=O) groups is 1. The molecule has 5 nitrogen and oxygen atoms in total. The van der Waals surface area contributed by atoms with Gasteiger partial charge in [-0.2, -0.15) is 0 Å². The van der Waals surface area contributed by atoms with Gasteiger partial charge in [0.2, 0.25) is 5.95 Å².